The van der Waals surface area contributed by atoms with E-state index in [1.54, 1.807) is 20.8 Å². The maximum absolute atomic E-state index is 13.6. The smallest absolute Gasteiger partial charge is 0.242 e. The highest BCUT2D eigenvalue weighted by molar-refractivity contribution is 7.91. The third-order valence-corrected chi connectivity index (χ3v) is 9.17. The van der Waals surface area contributed by atoms with Gasteiger partial charge in [-0.3, -0.25) is 4.57 Å². The predicted molar refractivity (Wildman–Crippen MR) is 127 cm³/mol. The highest BCUT2D eigenvalue weighted by atomic mass is 35.5. The Labute approximate surface area is 212 Å². The van der Waals surface area contributed by atoms with Gasteiger partial charge in [0.1, 0.15) is 29.4 Å². The second-order valence-corrected chi connectivity index (χ2v) is 11.7. The van der Waals surface area contributed by atoms with Crippen molar-refractivity contribution in [2.75, 3.05) is 7.11 Å². The number of aryl methyl sites for hydroxylation is 1. The van der Waals surface area contributed by atoms with Gasteiger partial charge in [0.05, 0.1) is 23.1 Å². The molecule has 4 rings (SSSR count). The van der Waals surface area contributed by atoms with E-state index in [-0.39, 0.29) is 17.5 Å². The first-order chi connectivity index (χ1) is 17.0. The summed E-state index contributed by atoms with van der Waals surface area (Å²) in [6, 6.07) is 0. The lowest BCUT2D eigenvalue weighted by atomic mass is 9.73. The monoisotopic (exact) mass is 541 g/mol. The molecule has 3 heterocycles. The van der Waals surface area contributed by atoms with Crippen molar-refractivity contribution in [1.29, 1.82) is 0 Å². The van der Waals surface area contributed by atoms with Crippen molar-refractivity contribution in [2.24, 2.45) is 5.92 Å². The Balaban J connectivity index is 1.76. The lowest BCUT2D eigenvalue weighted by Crippen LogP contribution is -2.32. The Morgan fingerprint density at radius 1 is 1.14 bits per heavy atom. The van der Waals surface area contributed by atoms with Gasteiger partial charge in [0.2, 0.25) is 12.3 Å². The van der Waals surface area contributed by atoms with Gasteiger partial charge in [0, 0.05) is 30.1 Å². The van der Waals surface area contributed by atoms with Crippen LogP contribution in [-0.2, 0) is 15.6 Å². The zero-order valence-electron chi connectivity index (χ0n) is 20.1. The van der Waals surface area contributed by atoms with Crippen molar-refractivity contribution >= 4 is 21.4 Å². The number of rotatable bonds is 9. The highest BCUT2D eigenvalue weighted by Crippen LogP contribution is 2.46. The molecule has 0 aliphatic heterocycles. The molecular formula is C22H26ClF2N7O3S. The van der Waals surface area contributed by atoms with Crippen molar-refractivity contribution in [3.8, 4) is 11.6 Å². The van der Waals surface area contributed by atoms with Gasteiger partial charge in [-0.2, -0.15) is 4.98 Å². The van der Waals surface area contributed by atoms with E-state index >= 15 is 0 Å². The molecule has 1 saturated carbocycles. The number of nitrogens with zero attached hydrogens (tertiary/aromatic N) is 7. The molecule has 36 heavy (non-hydrogen) atoms. The summed E-state index contributed by atoms with van der Waals surface area (Å²) in [5.74, 6) is -1.72. The van der Waals surface area contributed by atoms with Gasteiger partial charge in [-0.05, 0) is 26.7 Å². The molecule has 0 aromatic carbocycles. The van der Waals surface area contributed by atoms with Gasteiger partial charge >= 0.3 is 0 Å². The number of methoxy groups -OCH3 is 1. The lowest BCUT2D eigenvalue weighted by Gasteiger charge is -2.35. The number of alkyl halides is 2. The minimum atomic E-state index is -3.83. The first kappa shape index (κ1) is 26.3. The highest BCUT2D eigenvalue weighted by Gasteiger charge is 2.43. The fourth-order valence-corrected chi connectivity index (χ4v) is 5.95. The Kier molecular flexibility index (Phi) is 7.51. The summed E-state index contributed by atoms with van der Waals surface area (Å²) < 4.78 is 61.1. The maximum Gasteiger partial charge on any atom is 0.242 e. The molecule has 10 nitrogen and oxygen atoms in total. The van der Waals surface area contributed by atoms with Crippen molar-refractivity contribution in [1.82, 2.24) is 34.7 Å². The summed E-state index contributed by atoms with van der Waals surface area (Å²) >= 11 is 5.85. The summed E-state index contributed by atoms with van der Waals surface area (Å²) in [6.45, 7) is 4.97. The van der Waals surface area contributed by atoms with E-state index in [0.29, 0.717) is 35.1 Å². The van der Waals surface area contributed by atoms with Crippen molar-refractivity contribution in [3.63, 3.8) is 0 Å². The van der Waals surface area contributed by atoms with E-state index in [1.165, 1.54) is 30.4 Å². The van der Waals surface area contributed by atoms with Crippen LogP contribution < -0.4 is 4.74 Å². The summed E-state index contributed by atoms with van der Waals surface area (Å²) in [5, 5.41) is 7.78. The Morgan fingerprint density at radius 2 is 1.83 bits per heavy atom. The van der Waals surface area contributed by atoms with Crippen LogP contribution in [0.4, 0.5) is 8.78 Å². The molecule has 3 aromatic rings. The van der Waals surface area contributed by atoms with E-state index in [4.69, 9.17) is 16.3 Å². The molecule has 14 heteroatoms. The number of ether oxygens (including phenoxy) is 1. The normalized spacial score (nSPS) is 19.7. The third kappa shape index (κ3) is 4.90. The number of aromatic nitrogens is 7. The molecule has 0 amide bonds. The van der Waals surface area contributed by atoms with E-state index < -0.39 is 45.0 Å². The largest absolute Gasteiger partial charge is 0.479 e. The topological polar surface area (TPSA) is 126 Å². The summed E-state index contributed by atoms with van der Waals surface area (Å²) in [7, 11) is -2.42. The van der Waals surface area contributed by atoms with Crippen LogP contribution in [0.25, 0.3) is 5.69 Å². The molecule has 194 valence electrons. The van der Waals surface area contributed by atoms with Crippen LogP contribution in [0, 0.1) is 12.8 Å². The Hall–Kier alpha value is -2.80. The number of sulfone groups is 1. The molecule has 1 fully saturated rings. The predicted octanol–water partition coefficient (Wildman–Crippen LogP) is 3.68. The lowest BCUT2D eigenvalue weighted by molar-refractivity contribution is 0.0138. The van der Waals surface area contributed by atoms with Gasteiger partial charge in [0.15, 0.2) is 15.7 Å². The molecule has 0 unspecified atom stereocenters. The van der Waals surface area contributed by atoms with Crippen LogP contribution in [0.5, 0.6) is 5.88 Å². The second-order valence-electron chi connectivity index (χ2n) is 8.87. The zero-order valence-corrected chi connectivity index (χ0v) is 21.7. The average molecular weight is 542 g/mol. The van der Waals surface area contributed by atoms with Gasteiger partial charge in [0.25, 0.3) is 0 Å². The fourth-order valence-electron chi connectivity index (χ4n) is 4.30. The van der Waals surface area contributed by atoms with Gasteiger partial charge in [-0.1, -0.05) is 18.5 Å². The fraction of sp³-hybridized carbons (Fsp3) is 0.545. The molecule has 1 aliphatic carbocycles. The van der Waals surface area contributed by atoms with E-state index in [0.717, 1.165) is 0 Å². The third-order valence-electron chi connectivity index (χ3n) is 6.78. The van der Waals surface area contributed by atoms with Gasteiger partial charge in [-0.15, -0.1) is 10.2 Å². The SMILES string of the molecule is COc1ncnc(C)c1-n1c(CS(=O)(=O)[C@@H](C)[C@H](C)c2ncc(Cl)cn2)nnc1[C@H]1CC[C@@H]1C(F)F. The first-order valence-electron chi connectivity index (χ1n) is 11.3. The molecule has 0 bridgehead atoms. The number of halogens is 3. The van der Waals surface area contributed by atoms with Crippen LogP contribution in [0.2, 0.25) is 5.02 Å². The Morgan fingerprint density at radius 3 is 2.42 bits per heavy atom. The van der Waals surface area contributed by atoms with Crippen LogP contribution in [-0.4, -0.2) is 61.9 Å². The summed E-state index contributed by atoms with van der Waals surface area (Å²) in [5.41, 5.74) is 0.789. The van der Waals surface area contributed by atoms with Crippen molar-refractivity contribution in [3.05, 3.63) is 46.9 Å². The molecule has 4 atom stereocenters. The van der Waals surface area contributed by atoms with Gasteiger partial charge in [-0.25, -0.2) is 32.2 Å². The molecule has 0 radical (unpaired) electrons. The van der Waals surface area contributed by atoms with Crippen molar-refractivity contribution < 1.29 is 21.9 Å². The molecule has 3 aromatic heterocycles. The standard InChI is InChI=1S/C22H26ClF2N7O3S/c1-11(20-26-7-14(23)8-27-20)13(3)36(33,34)9-17-30-31-21(16-6-5-15(16)19(24)25)32(17)18-12(2)28-10-29-22(18)35-4/h7-8,10-11,13,15-16,19H,5-6,9H2,1-4H3/t11-,13-,15-,16-/m0/s1. The molecular weight excluding hydrogens is 516 g/mol. The quantitative estimate of drug-likeness (QED) is 0.398. The average Bonchev–Trinajstić information content (AvgIpc) is 3.18. The number of hydrogen-bond donors (Lipinski definition) is 0. The summed E-state index contributed by atoms with van der Waals surface area (Å²) in [4.78, 5) is 16.6. The maximum atomic E-state index is 13.6. The van der Waals surface area contributed by atoms with Crippen LogP contribution >= 0.6 is 11.6 Å². The Bertz CT molecular complexity index is 1340. The number of hydrogen-bond acceptors (Lipinski definition) is 9. The second kappa shape index (κ2) is 10.3. The minimum absolute atomic E-state index is 0.0668. The van der Waals surface area contributed by atoms with Gasteiger partial charge < -0.3 is 4.74 Å². The van der Waals surface area contributed by atoms with E-state index in [2.05, 4.69) is 30.1 Å². The molecule has 0 saturated heterocycles. The van der Waals surface area contributed by atoms with Crippen molar-refractivity contribution in [2.45, 2.75) is 62.9 Å². The van der Waals surface area contributed by atoms with Crippen LogP contribution in [0.3, 0.4) is 0 Å². The molecule has 0 N–H and O–H groups in total. The zero-order chi connectivity index (χ0) is 26.2. The summed E-state index contributed by atoms with van der Waals surface area (Å²) in [6.07, 6.45) is 2.42. The van der Waals surface area contributed by atoms with Crippen LogP contribution in [0.15, 0.2) is 18.7 Å². The minimum Gasteiger partial charge on any atom is -0.479 e. The molecule has 0 spiro atoms. The van der Waals surface area contributed by atoms with E-state index in [1.807, 2.05) is 0 Å². The van der Waals surface area contributed by atoms with E-state index in [9.17, 15) is 17.2 Å². The first-order valence-corrected chi connectivity index (χ1v) is 13.4. The van der Waals surface area contributed by atoms with Crippen LogP contribution in [0.1, 0.15) is 61.7 Å². The molecule has 1 aliphatic rings.